The van der Waals surface area contributed by atoms with Gasteiger partial charge in [-0.2, -0.15) is 0 Å². The second-order valence-corrected chi connectivity index (χ2v) is 17.3. The number of carbonyl (C=O) groups excluding carboxylic acids is 4. The molecule has 0 N–H and O–H groups in total. The Morgan fingerprint density at radius 1 is 0.386 bits per heavy atom. The summed E-state index contributed by atoms with van der Waals surface area (Å²) in [6.45, 7) is 11.2. The summed E-state index contributed by atoms with van der Waals surface area (Å²) in [7, 11) is 4.00. The topological polar surface area (TPSA) is 108 Å². The van der Waals surface area contributed by atoms with Crippen LogP contribution in [0.5, 0.6) is 0 Å². The zero-order chi connectivity index (χ0) is 42.4. The molecule has 0 fully saturated rings. The van der Waals surface area contributed by atoms with Crippen LogP contribution in [0.1, 0.15) is 221 Å². The second-order valence-electron chi connectivity index (χ2n) is 17.3. The highest BCUT2D eigenvalue weighted by Gasteiger charge is 2.38. The van der Waals surface area contributed by atoms with Gasteiger partial charge in [0.25, 0.3) is 0 Å². The average Bonchev–Trinajstić information content (AvgIpc) is 3.19. The summed E-state index contributed by atoms with van der Waals surface area (Å²) < 4.78 is 23.5. The molecule has 0 bridgehead atoms. The lowest BCUT2D eigenvalue weighted by Gasteiger charge is -2.32. The number of unbranched alkanes of at least 4 members (excludes halogenated alkanes) is 15. The maximum absolute atomic E-state index is 13.6. The van der Waals surface area contributed by atoms with E-state index in [2.05, 4.69) is 39.5 Å². The van der Waals surface area contributed by atoms with Crippen molar-refractivity contribution in [3.8, 4) is 0 Å². The van der Waals surface area contributed by atoms with Gasteiger partial charge in [-0.3, -0.25) is 19.2 Å². The van der Waals surface area contributed by atoms with Crippen molar-refractivity contribution in [2.75, 3.05) is 47.1 Å². The number of nitrogens with zero attached hydrogens (tertiary/aromatic N) is 1. The van der Waals surface area contributed by atoms with E-state index in [1.165, 1.54) is 70.6 Å². The maximum atomic E-state index is 13.6. The SMILES string of the molecule is CCCCCCCC(=O)OCC(COC(=O)CCCCCCC)(COC(=O)CCCCN(C)C)COC(=O)CCC(CCCCC)C(CCCCC)CCCCC. The zero-order valence-electron chi connectivity index (χ0n) is 38.4. The summed E-state index contributed by atoms with van der Waals surface area (Å²) in [5.74, 6) is -0.334. The van der Waals surface area contributed by atoms with Crippen molar-refractivity contribution in [3.63, 3.8) is 0 Å². The molecular formula is C48H91NO8. The average molecular weight is 810 g/mol. The van der Waals surface area contributed by atoms with Crippen molar-refractivity contribution in [2.24, 2.45) is 17.3 Å². The summed E-state index contributed by atoms with van der Waals surface area (Å²) in [6.07, 6.45) is 27.8. The number of hydrogen-bond acceptors (Lipinski definition) is 9. The van der Waals surface area contributed by atoms with E-state index in [1.807, 2.05) is 14.1 Å². The first-order valence-corrected chi connectivity index (χ1v) is 23.8. The molecule has 1 atom stereocenters. The zero-order valence-corrected chi connectivity index (χ0v) is 38.4. The Balaban J connectivity index is 6.08. The van der Waals surface area contributed by atoms with Crippen molar-refractivity contribution >= 4 is 23.9 Å². The van der Waals surface area contributed by atoms with Gasteiger partial charge in [0, 0.05) is 25.7 Å². The molecule has 336 valence electrons. The monoisotopic (exact) mass is 810 g/mol. The molecule has 1 unspecified atom stereocenters. The third kappa shape index (κ3) is 32.4. The van der Waals surface area contributed by atoms with Gasteiger partial charge in [0.2, 0.25) is 0 Å². The molecule has 0 spiro atoms. The van der Waals surface area contributed by atoms with E-state index >= 15 is 0 Å². The van der Waals surface area contributed by atoms with Crippen molar-refractivity contribution < 1.29 is 38.1 Å². The first-order chi connectivity index (χ1) is 27.6. The summed E-state index contributed by atoms with van der Waals surface area (Å²) in [4.78, 5) is 54.6. The number of rotatable bonds is 41. The predicted molar refractivity (Wildman–Crippen MR) is 234 cm³/mol. The van der Waals surface area contributed by atoms with Crippen LogP contribution in [0.25, 0.3) is 0 Å². The number of carbonyl (C=O) groups is 4. The van der Waals surface area contributed by atoms with Crippen molar-refractivity contribution in [1.82, 2.24) is 4.90 Å². The van der Waals surface area contributed by atoms with Crippen LogP contribution in [0, 0.1) is 17.3 Å². The Kier molecular flexibility index (Phi) is 36.6. The minimum absolute atomic E-state index is 0.176. The highest BCUT2D eigenvalue weighted by Crippen LogP contribution is 2.33. The Bertz CT molecular complexity index is 945. The van der Waals surface area contributed by atoms with E-state index in [1.54, 1.807) is 0 Å². The third-order valence-corrected chi connectivity index (χ3v) is 11.3. The first kappa shape index (κ1) is 54.8. The molecule has 0 saturated carbocycles. The van der Waals surface area contributed by atoms with Gasteiger partial charge in [-0.15, -0.1) is 0 Å². The molecule has 0 saturated heterocycles. The number of ether oxygens (including phenoxy) is 4. The highest BCUT2D eigenvalue weighted by molar-refractivity contribution is 5.71. The summed E-state index contributed by atoms with van der Waals surface area (Å²) in [5, 5.41) is 0. The molecule has 57 heavy (non-hydrogen) atoms. The van der Waals surface area contributed by atoms with E-state index in [9.17, 15) is 19.2 Å². The van der Waals surface area contributed by atoms with E-state index in [4.69, 9.17) is 18.9 Å². The quantitative estimate of drug-likeness (QED) is 0.0339. The standard InChI is InChI=1S/C48H91NO8/c1-8-13-18-20-25-32-44(50)54-38-48(39-55-45(51)33-26-21-19-14-9-2,40-56-46(52)34-27-28-37-49(6)7)41-57-47(53)36-35-43(31-24-17-12-5)42(29-22-15-10-3)30-23-16-11-4/h42-43H,8-41H2,1-7H3. The summed E-state index contributed by atoms with van der Waals surface area (Å²) >= 11 is 0. The molecule has 9 heteroatoms. The van der Waals surface area contributed by atoms with Gasteiger partial charge in [-0.05, 0) is 64.6 Å². The minimum Gasteiger partial charge on any atom is -0.465 e. The van der Waals surface area contributed by atoms with Gasteiger partial charge in [-0.25, -0.2) is 0 Å². The van der Waals surface area contributed by atoms with Crippen LogP contribution >= 0.6 is 0 Å². The Labute approximate surface area is 351 Å². The van der Waals surface area contributed by atoms with Gasteiger partial charge in [0.05, 0.1) is 0 Å². The lowest BCUT2D eigenvalue weighted by Crippen LogP contribution is -2.44. The van der Waals surface area contributed by atoms with Crippen LogP contribution in [0.2, 0.25) is 0 Å². The van der Waals surface area contributed by atoms with Crippen LogP contribution in [0.15, 0.2) is 0 Å². The van der Waals surface area contributed by atoms with E-state index in [0.717, 1.165) is 90.0 Å². The fourth-order valence-corrected chi connectivity index (χ4v) is 7.42. The third-order valence-electron chi connectivity index (χ3n) is 11.3. The maximum Gasteiger partial charge on any atom is 0.305 e. The summed E-state index contributed by atoms with van der Waals surface area (Å²) in [5.41, 5.74) is -1.21. The fraction of sp³-hybridized carbons (Fsp3) is 0.917. The number of esters is 4. The lowest BCUT2D eigenvalue weighted by molar-refractivity contribution is -0.171. The summed E-state index contributed by atoms with van der Waals surface area (Å²) in [6, 6.07) is 0. The molecular weight excluding hydrogens is 719 g/mol. The first-order valence-electron chi connectivity index (χ1n) is 23.8. The second kappa shape index (κ2) is 38.1. The molecule has 0 rings (SSSR count). The van der Waals surface area contributed by atoms with Crippen molar-refractivity contribution in [2.45, 2.75) is 221 Å². The Hall–Kier alpha value is -2.16. The Morgan fingerprint density at radius 3 is 1.04 bits per heavy atom. The highest BCUT2D eigenvalue weighted by atomic mass is 16.6. The molecule has 0 aliphatic heterocycles. The smallest absolute Gasteiger partial charge is 0.305 e. The van der Waals surface area contributed by atoms with Crippen LogP contribution in [0.4, 0.5) is 0 Å². The molecule has 0 aromatic rings. The van der Waals surface area contributed by atoms with Gasteiger partial charge < -0.3 is 23.8 Å². The van der Waals surface area contributed by atoms with Gasteiger partial charge in [0.15, 0.2) is 0 Å². The van der Waals surface area contributed by atoms with Crippen LogP contribution in [-0.4, -0.2) is 75.8 Å². The van der Waals surface area contributed by atoms with Crippen LogP contribution < -0.4 is 0 Å². The molecule has 0 radical (unpaired) electrons. The molecule has 0 aliphatic carbocycles. The van der Waals surface area contributed by atoms with Gasteiger partial charge in [0.1, 0.15) is 31.8 Å². The normalized spacial score (nSPS) is 12.2. The number of hydrogen-bond donors (Lipinski definition) is 0. The van der Waals surface area contributed by atoms with E-state index in [-0.39, 0.29) is 69.6 Å². The molecule has 0 aromatic heterocycles. The van der Waals surface area contributed by atoms with Crippen LogP contribution in [-0.2, 0) is 38.1 Å². The molecule has 0 heterocycles. The van der Waals surface area contributed by atoms with Crippen LogP contribution in [0.3, 0.4) is 0 Å². The van der Waals surface area contributed by atoms with Crippen molar-refractivity contribution in [1.29, 1.82) is 0 Å². The van der Waals surface area contributed by atoms with E-state index < -0.39 is 5.41 Å². The largest absolute Gasteiger partial charge is 0.465 e. The molecule has 0 aliphatic rings. The van der Waals surface area contributed by atoms with E-state index in [0.29, 0.717) is 24.7 Å². The molecule has 0 amide bonds. The molecule has 0 aromatic carbocycles. The molecule has 9 nitrogen and oxygen atoms in total. The van der Waals surface area contributed by atoms with Gasteiger partial charge >= 0.3 is 23.9 Å². The lowest BCUT2D eigenvalue weighted by atomic mass is 9.78. The van der Waals surface area contributed by atoms with Crippen molar-refractivity contribution in [3.05, 3.63) is 0 Å². The fourth-order valence-electron chi connectivity index (χ4n) is 7.42. The Morgan fingerprint density at radius 2 is 0.684 bits per heavy atom. The minimum atomic E-state index is -1.21. The van der Waals surface area contributed by atoms with Gasteiger partial charge in [-0.1, -0.05) is 163 Å². The predicted octanol–water partition coefficient (Wildman–Crippen LogP) is 12.4.